The predicted octanol–water partition coefficient (Wildman–Crippen LogP) is 3.61. The predicted molar refractivity (Wildman–Crippen MR) is 133 cm³/mol. The minimum Gasteiger partial charge on any atom is -0.478 e. The van der Waals surface area contributed by atoms with Crippen molar-refractivity contribution in [2.45, 2.75) is 97.4 Å². The van der Waals surface area contributed by atoms with E-state index in [9.17, 15) is 24.9 Å². The first-order chi connectivity index (χ1) is 16.9. The molecule has 0 unspecified atom stereocenters. The Hall–Kier alpha value is -1.70. The Kier molecular flexibility index (Phi) is 6.24. The van der Waals surface area contributed by atoms with Gasteiger partial charge in [-0.25, -0.2) is 9.59 Å². The highest BCUT2D eigenvalue weighted by atomic mass is 16.5. The van der Waals surface area contributed by atoms with E-state index < -0.39 is 18.2 Å². The van der Waals surface area contributed by atoms with Crippen LogP contribution in [0.1, 0.15) is 79.1 Å². The van der Waals surface area contributed by atoms with Crippen LogP contribution < -0.4 is 0 Å². The van der Waals surface area contributed by atoms with Crippen molar-refractivity contribution in [3.63, 3.8) is 0 Å². The van der Waals surface area contributed by atoms with Gasteiger partial charge >= 0.3 is 11.9 Å². The summed E-state index contributed by atoms with van der Waals surface area (Å²) in [4.78, 5) is 24.0. The van der Waals surface area contributed by atoms with E-state index in [1.807, 2.05) is 0 Å². The first-order valence-corrected chi connectivity index (χ1v) is 13.7. The number of allylic oxidation sites excluding steroid dienone is 1. The maximum Gasteiger partial charge on any atom is 0.334 e. The van der Waals surface area contributed by atoms with Crippen LogP contribution in [0.5, 0.6) is 0 Å². The third kappa shape index (κ3) is 3.41. The molecule has 0 aromatic rings. The van der Waals surface area contributed by atoms with Crippen LogP contribution in [0, 0.1) is 39.9 Å². The average molecular weight is 503 g/mol. The fourth-order valence-electron chi connectivity index (χ4n) is 9.83. The lowest BCUT2D eigenvalue weighted by Crippen LogP contribution is -2.66. The summed E-state index contributed by atoms with van der Waals surface area (Å²) in [5.74, 6) is -1.12. The van der Waals surface area contributed by atoms with Crippen molar-refractivity contribution in [3.8, 4) is 0 Å². The summed E-state index contributed by atoms with van der Waals surface area (Å²) in [5.41, 5.74) is 1.51. The first kappa shape index (κ1) is 25.9. The number of aliphatic hydroxyl groups excluding tert-OH is 3. The van der Waals surface area contributed by atoms with Gasteiger partial charge in [-0.05, 0) is 97.9 Å². The van der Waals surface area contributed by atoms with Gasteiger partial charge in [0, 0.05) is 23.7 Å². The van der Waals surface area contributed by atoms with Gasteiger partial charge in [-0.3, -0.25) is 0 Å². The molecule has 10 atom stereocenters. The number of carbonyl (C=O) groups is 2. The number of hydrogen-bond donors (Lipinski definition) is 4. The molecular formula is C29H42O7. The minimum atomic E-state index is -0.954. The molecule has 4 saturated carbocycles. The molecule has 0 amide bonds. The summed E-state index contributed by atoms with van der Waals surface area (Å²) < 4.78 is 5.90. The van der Waals surface area contributed by atoms with Crippen LogP contribution in [0.2, 0.25) is 0 Å². The van der Waals surface area contributed by atoms with Gasteiger partial charge in [0.2, 0.25) is 0 Å². The normalized spacial score (nSPS) is 48.1. The fourth-order valence-corrected chi connectivity index (χ4v) is 9.83. The second-order valence-electron chi connectivity index (χ2n) is 13.0. The number of aliphatic carboxylic acids is 1. The summed E-state index contributed by atoms with van der Waals surface area (Å²) in [6.45, 7) is 8.47. The largest absolute Gasteiger partial charge is 0.478 e. The highest BCUT2D eigenvalue weighted by Gasteiger charge is 2.71. The molecule has 0 bridgehead atoms. The molecule has 0 spiro atoms. The summed E-state index contributed by atoms with van der Waals surface area (Å²) >= 11 is 0. The van der Waals surface area contributed by atoms with Gasteiger partial charge in [0.05, 0.1) is 12.2 Å². The maximum atomic E-state index is 12.8. The molecule has 0 aromatic carbocycles. The van der Waals surface area contributed by atoms with Crippen LogP contribution in [0.25, 0.3) is 0 Å². The van der Waals surface area contributed by atoms with Crippen LogP contribution in [-0.4, -0.2) is 57.3 Å². The number of carboxylic acid groups (broad SMARTS) is 1. The zero-order chi connectivity index (χ0) is 26.2. The quantitative estimate of drug-likeness (QED) is 0.334. The molecule has 36 heavy (non-hydrogen) atoms. The molecule has 4 fully saturated rings. The molecule has 200 valence electrons. The Morgan fingerprint density at radius 1 is 1.11 bits per heavy atom. The van der Waals surface area contributed by atoms with E-state index in [4.69, 9.17) is 9.84 Å². The first-order valence-electron chi connectivity index (χ1n) is 13.7. The third-order valence-electron chi connectivity index (χ3n) is 11.7. The van der Waals surface area contributed by atoms with Crippen molar-refractivity contribution in [2.75, 3.05) is 6.61 Å². The topological polar surface area (TPSA) is 124 Å². The molecule has 5 rings (SSSR count). The second-order valence-corrected chi connectivity index (χ2v) is 13.0. The molecule has 0 aromatic heterocycles. The average Bonchev–Trinajstić information content (AvgIpc) is 3.25. The highest BCUT2D eigenvalue weighted by molar-refractivity contribution is 5.93. The summed E-state index contributed by atoms with van der Waals surface area (Å²) in [6, 6.07) is 0. The van der Waals surface area contributed by atoms with Crippen LogP contribution in [0.15, 0.2) is 22.8 Å². The molecule has 7 nitrogen and oxygen atoms in total. The maximum absolute atomic E-state index is 12.8. The van der Waals surface area contributed by atoms with Crippen molar-refractivity contribution in [3.05, 3.63) is 22.8 Å². The molecule has 5 aliphatic rings. The Morgan fingerprint density at radius 3 is 2.50 bits per heavy atom. The van der Waals surface area contributed by atoms with Gasteiger partial charge in [-0.2, -0.15) is 0 Å². The van der Waals surface area contributed by atoms with E-state index in [2.05, 4.69) is 20.8 Å². The van der Waals surface area contributed by atoms with Crippen molar-refractivity contribution < 1.29 is 34.8 Å². The van der Waals surface area contributed by atoms with E-state index in [-0.39, 0.29) is 64.2 Å². The molecule has 7 heteroatoms. The number of rotatable bonds is 5. The van der Waals surface area contributed by atoms with E-state index in [1.54, 1.807) is 13.0 Å². The SMILES string of the molecule is CC(=CCCC1=C2[C@H](C[C@@]3(C)[C@H]2C[C@@H](O)[C@H]2[C@@]4(C)CC[C@@H](O)[C@@H](CO)[C@@H]4CC[C@@]23C)OC1=O)C(=O)O. The molecule has 1 aliphatic heterocycles. The van der Waals surface area contributed by atoms with Gasteiger partial charge in [-0.1, -0.05) is 26.8 Å². The number of ether oxygens (including phenoxy) is 1. The Bertz CT molecular complexity index is 1020. The zero-order valence-electron chi connectivity index (χ0n) is 22.0. The van der Waals surface area contributed by atoms with E-state index in [1.165, 1.54) is 0 Å². The number of hydrogen-bond acceptors (Lipinski definition) is 6. The molecule has 4 N–H and O–H groups in total. The highest BCUT2D eigenvalue weighted by Crippen LogP contribution is 2.74. The molecule has 1 heterocycles. The van der Waals surface area contributed by atoms with Crippen LogP contribution in [-0.2, 0) is 14.3 Å². The fraction of sp³-hybridized carbons (Fsp3) is 0.793. The summed E-state index contributed by atoms with van der Waals surface area (Å²) in [5, 5.41) is 41.7. The second kappa shape index (κ2) is 8.67. The van der Waals surface area contributed by atoms with E-state index >= 15 is 0 Å². The summed E-state index contributed by atoms with van der Waals surface area (Å²) in [6.07, 6.45) is 5.94. The molecular weight excluding hydrogens is 460 g/mol. The molecule has 4 aliphatic carbocycles. The number of esters is 1. The monoisotopic (exact) mass is 502 g/mol. The van der Waals surface area contributed by atoms with Crippen molar-refractivity contribution in [1.82, 2.24) is 0 Å². The lowest BCUT2D eigenvalue weighted by atomic mass is 9.36. The van der Waals surface area contributed by atoms with Crippen LogP contribution in [0.4, 0.5) is 0 Å². The van der Waals surface area contributed by atoms with Crippen LogP contribution >= 0.6 is 0 Å². The Balaban J connectivity index is 1.50. The van der Waals surface area contributed by atoms with Gasteiger partial charge < -0.3 is 25.2 Å². The van der Waals surface area contributed by atoms with Crippen molar-refractivity contribution in [1.29, 1.82) is 0 Å². The zero-order valence-corrected chi connectivity index (χ0v) is 22.0. The van der Waals surface area contributed by atoms with Crippen LogP contribution in [0.3, 0.4) is 0 Å². The van der Waals surface area contributed by atoms with E-state index in [0.717, 1.165) is 31.3 Å². The Labute approximate surface area is 213 Å². The third-order valence-corrected chi connectivity index (χ3v) is 11.7. The van der Waals surface area contributed by atoms with Gasteiger partial charge in [0.15, 0.2) is 0 Å². The summed E-state index contributed by atoms with van der Waals surface area (Å²) in [7, 11) is 0. The van der Waals surface area contributed by atoms with Gasteiger partial charge in [0.25, 0.3) is 0 Å². The van der Waals surface area contributed by atoms with Crippen molar-refractivity contribution >= 4 is 11.9 Å². The number of carboxylic acids is 1. The lowest BCUT2D eigenvalue weighted by Gasteiger charge is -2.69. The molecule has 0 radical (unpaired) electrons. The number of aliphatic hydroxyl groups is 3. The lowest BCUT2D eigenvalue weighted by molar-refractivity contribution is -0.238. The van der Waals surface area contributed by atoms with Crippen molar-refractivity contribution in [2.24, 2.45) is 39.9 Å². The Morgan fingerprint density at radius 2 is 1.83 bits per heavy atom. The van der Waals surface area contributed by atoms with E-state index in [0.29, 0.717) is 31.3 Å². The smallest absolute Gasteiger partial charge is 0.334 e. The minimum absolute atomic E-state index is 0.0229. The van der Waals surface area contributed by atoms with Gasteiger partial charge in [0.1, 0.15) is 6.10 Å². The standard InChI is InChI=1S/C29H42O7/c1-15(25(33)34)6-5-7-16-23-19-12-21(32)24-27(2)10-9-20(31)17(14-30)18(27)8-11-28(24,3)29(19,4)13-22(23)36-26(16)35/h6,17-22,24,30-32H,5,7-14H2,1-4H3,(H,33,34)/t17-,18-,19-,20+,21+,22-,24-,27-,28-,29-/m0/s1. The molecule has 0 saturated heterocycles. The number of fused-ring (bicyclic) bond motifs is 7. The number of carbonyl (C=O) groups excluding carboxylic acids is 1. The van der Waals surface area contributed by atoms with Gasteiger partial charge in [-0.15, -0.1) is 0 Å².